The van der Waals surface area contributed by atoms with Gasteiger partial charge < -0.3 is 11.1 Å². The minimum Gasteiger partial charge on any atom is -0.384 e. The predicted octanol–water partition coefficient (Wildman–Crippen LogP) is 6.31. The number of thioether (sulfide) groups is 1. The highest BCUT2D eigenvalue weighted by Crippen LogP contribution is 2.47. The zero-order valence-corrected chi connectivity index (χ0v) is 25.2. The molecule has 0 saturated heterocycles. The highest BCUT2D eigenvalue weighted by Gasteiger charge is 2.41. The monoisotopic (exact) mass is 584 g/mol. The summed E-state index contributed by atoms with van der Waals surface area (Å²) >= 11 is 2.57. The molecule has 41 heavy (non-hydrogen) atoms. The average Bonchev–Trinajstić information content (AvgIpc) is 3.42. The van der Waals surface area contributed by atoms with Gasteiger partial charge in [0.1, 0.15) is 5.82 Å². The van der Waals surface area contributed by atoms with E-state index in [1.165, 1.54) is 28.7 Å². The molecule has 3 N–H and O–H groups in total. The molecule has 1 aliphatic carbocycles. The summed E-state index contributed by atoms with van der Waals surface area (Å²) in [6.45, 7) is 8.24. The summed E-state index contributed by atoms with van der Waals surface area (Å²) in [4.78, 5) is 27.7. The Morgan fingerprint density at radius 2 is 1.95 bits per heavy atom. The molecule has 0 radical (unpaired) electrons. The lowest BCUT2D eigenvalue weighted by Crippen LogP contribution is -2.38. The molecule has 2 heterocycles. The quantitative estimate of drug-likeness (QED) is 0.309. The number of carbonyl (C=O) groups excluding carboxylic acids is 2. The van der Waals surface area contributed by atoms with Crippen molar-refractivity contribution in [3.8, 4) is 6.07 Å². The summed E-state index contributed by atoms with van der Waals surface area (Å²) in [6, 6.07) is 16.2. The maximum absolute atomic E-state index is 13.4. The molecule has 1 aliphatic heterocycles. The first-order valence-electron chi connectivity index (χ1n) is 13.6. The third-order valence-corrected chi connectivity index (χ3v) is 9.68. The lowest BCUT2D eigenvalue weighted by atomic mass is 9.75. The van der Waals surface area contributed by atoms with Gasteiger partial charge in [-0.2, -0.15) is 5.26 Å². The second-order valence-corrected chi connectivity index (χ2v) is 12.8. The Labute approximate surface area is 248 Å². The largest absolute Gasteiger partial charge is 0.384 e. The van der Waals surface area contributed by atoms with Gasteiger partial charge >= 0.3 is 0 Å². The molecule has 1 atom stereocenters. The first-order valence-corrected chi connectivity index (χ1v) is 15.4. The van der Waals surface area contributed by atoms with E-state index in [9.17, 15) is 14.9 Å². The Balaban J connectivity index is 1.42. The van der Waals surface area contributed by atoms with E-state index >= 15 is 0 Å². The maximum Gasteiger partial charge on any atom is 0.234 e. The smallest absolute Gasteiger partial charge is 0.234 e. The van der Waals surface area contributed by atoms with Crippen LogP contribution in [0.5, 0.6) is 0 Å². The normalized spacial score (nSPS) is 17.1. The minimum atomic E-state index is -0.518. The number of nitrogens with two attached hydrogens (primary N) is 1. The first-order chi connectivity index (χ1) is 19.7. The number of nitriles is 1. The number of hydrogen-bond acceptors (Lipinski definition) is 9. The zero-order valence-electron chi connectivity index (χ0n) is 23.5. The van der Waals surface area contributed by atoms with Gasteiger partial charge in [-0.05, 0) is 60.9 Å². The molecule has 3 aromatic rings. The van der Waals surface area contributed by atoms with Crippen molar-refractivity contribution < 1.29 is 9.59 Å². The molecule has 1 unspecified atom stereocenters. The molecule has 5 rings (SSSR count). The SMILES string of the molecule is Cc1cccc(NC(=O)CSc2nnc(N3C(N)=C(C#N)C(c4ccc(C(C)C)cc4)C4=C3CCCC4=O)s2)c1C. The van der Waals surface area contributed by atoms with Crippen LogP contribution in [0.15, 0.2) is 69.5 Å². The van der Waals surface area contributed by atoms with Gasteiger partial charge in [0.25, 0.3) is 0 Å². The number of rotatable bonds is 7. The van der Waals surface area contributed by atoms with Gasteiger partial charge in [0.15, 0.2) is 10.1 Å². The molecule has 2 aromatic carbocycles. The van der Waals surface area contributed by atoms with Crippen LogP contribution >= 0.6 is 23.1 Å². The Bertz CT molecular complexity index is 1610. The molecule has 2 aliphatic rings. The Hall–Kier alpha value is -3.94. The van der Waals surface area contributed by atoms with Gasteiger partial charge in [-0.15, -0.1) is 10.2 Å². The molecule has 1 amide bonds. The molecular formula is C31H32N6O2S2. The number of ketones is 1. The van der Waals surface area contributed by atoms with Crippen LogP contribution in [0, 0.1) is 25.2 Å². The van der Waals surface area contributed by atoms with E-state index in [2.05, 4.69) is 47.6 Å². The van der Waals surface area contributed by atoms with Crippen molar-refractivity contribution in [2.24, 2.45) is 5.73 Å². The van der Waals surface area contributed by atoms with E-state index in [4.69, 9.17) is 5.73 Å². The van der Waals surface area contributed by atoms with Crippen molar-refractivity contribution in [3.63, 3.8) is 0 Å². The summed E-state index contributed by atoms with van der Waals surface area (Å²) in [6.07, 6.45) is 1.77. The number of carbonyl (C=O) groups is 2. The third kappa shape index (κ3) is 5.65. The summed E-state index contributed by atoms with van der Waals surface area (Å²) in [7, 11) is 0. The number of nitrogens with one attached hydrogen (secondary N) is 1. The van der Waals surface area contributed by atoms with Gasteiger partial charge in [-0.25, -0.2) is 0 Å². The fraction of sp³-hybridized carbons (Fsp3) is 0.323. The van der Waals surface area contributed by atoms with Crippen molar-refractivity contribution in [2.75, 3.05) is 16.0 Å². The number of Topliss-reactive ketones (excluding diaryl/α,β-unsaturated/α-hetero) is 1. The van der Waals surface area contributed by atoms with Gasteiger partial charge in [0, 0.05) is 23.4 Å². The molecule has 0 saturated carbocycles. The first kappa shape index (κ1) is 28.6. The van der Waals surface area contributed by atoms with Crippen molar-refractivity contribution in [1.29, 1.82) is 5.26 Å². The molecule has 0 spiro atoms. The second kappa shape index (κ2) is 11.9. The number of benzene rings is 2. The highest BCUT2D eigenvalue weighted by atomic mass is 32.2. The summed E-state index contributed by atoms with van der Waals surface area (Å²) in [5.41, 5.74) is 13.4. The predicted molar refractivity (Wildman–Crippen MR) is 164 cm³/mol. The lowest BCUT2D eigenvalue weighted by molar-refractivity contribution is -0.116. The summed E-state index contributed by atoms with van der Waals surface area (Å²) in [5.74, 6) is 0.165. The Morgan fingerprint density at radius 3 is 2.66 bits per heavy atom. The van der Waals surface area contributed by atoms with Gasteiger partial charge in [0.05, 0.1) is 23.3 Å². The fourth-order valence-corrected chi connectivity index (χ4v) is 6.94. The Kier molecular flexibility index (Phi) is 8.29. The molecule has 1 aromatic heterocycles. The van der Waals surface area contributed by atoms with Crippen LogP contribution in [0.2, 0.25) is 0 Å². The van der Waals surface area contributed by atoms with Crippen molar-refractivity contribution in [2.45, 2.75) is 63.1 Å². The number of allylic oxidation sites excluding steroid dienone is 3. The van der Waals surface area contributed by atoms with E-state index < -0.39 is 5.92 Å². The minimum absolute atomic E-state index is 0.0247. The third-order valence-electron chi connectivity index (χ3n) is 7.64. The topological polar surface area (TPSA) is 125 Å². The van der Waals surface area contributed by atoms with Gasteiger partial charge in [0.2, 0.25) is 11.0 Å². The van der Waals surface area contributed by atoms with E-state index in [1.54, 1.807) is 4.90 Å². The molecule has 0 fully saturated rings. The van der Waals surface area contributed by atoms with E-state index in [0.29, 0.717) is 45.8 Å². The number of aromatic nitrogens is 2. The maximum atomic E-state index is 13.4. The second-order valence-electron chi connectivity index (χ2n) is 10.6. The standard InChI is InChI=1S/C31H32N6O2S2/c1-17(2)20-11-13-21(14-12-20)27-22(15-32)29(33)37(24-9-6-10-25(38)28(24)27)30-35-36-31(41-30)40-16-26(39)34-23-8-5-7-18(3)19(23)4/h5,7-8,11-14,17,27H,6,9-10,16,33H2,1-4H3,(H,34,39). The zero-order chi connectivity index (χ0) is 29.3. The van der Waals surface area contributed by atoms with Crippen molar-refractivity contribution in [3.05, 3.63) is 87.4 Å². The molecule has 10 heteroatoms. The highest BCUT2D eigenvalue weighted by molar-refractivity contribution is 8.01. The van der Waals surface area contributed by atoms with E-state index in [-0.39, 0.29) is 23.3 Å². The Morgan fingerprint density at radius 1 is 1.20 bits per heavy atom. The summed E-state index contributed by atoms with van der Waals surface area (Å²) < 4.78 is 0.595. The van der Waals surface area contributed by atoms with Gasteiger partial charge in [-0.1, -0.05) is 73.3 Å². The number of anilines is 2. The molecule has 8 nitrogen and oxygen atoms in total. The molecule has 210 valence electrons. The van der Waals surface area contributed by atoms with Crippen molar-refractivity contribution in [1.82, 2.24) is 10.2 Å². The summed E-state index contributed by atoms with van der Waals surface area (Å²) in [5, 5.41) is 22.3. The van der Waals surface area contributed by atoms with Crippen molar-refractivity contribution >= 4 is 45.6 Å². The lowest BCUT2D eigenvalue weighted by Gasteiger charge is -2.38. The van der Waals surface area contributed by atoms with Gasteiger partial charge in [-0.3, -0.25) is 14.5 Å². The number of amides is 1. The van der Waals surface area contributed by atoms with E-state index in [1.807, 2.05) is 44.2 Å². The van der Waals surface area contributed by atoms with Crippen LogP contribution in [0.25, 0.3) is 0 Å². The number of aryl methyl sites for hydroxylation is 1. The number of hydrogen-bond donors (Lipinski definition) is 2. The van der Waals surface area contributed by atoms with Crippen LogP contribution < -0.4 is 16.0 Å². The van der Waals surface area contributed by atoms with Crippen LogP contribution in [-0.2, 0) is 9.59 Å². The van der Waals surface area contributed by atoms with Crippen LogP contribution in [-0.4, -0.2) is 27.6 Å². The fourth-order valence-electron chi connectivity index (χ4n) is 5.26. The van der Waals surface area contributed by atoms with E-state index in [0.717, 1.165) is 28.1 Å². The van der Waals surface area contributed by atoms with Crippen LogP contribution in [0.1, 0.15) is 67.2 Å². The molecular weight excluding hydrogens is 553 g/mol. The molecule has 0 bridgehead atoms. The number of nitrogens with zero attached hydrogens (tertiary/aromatic N) is 4. The average molecular weight is 585 g/mol. The van der Waals surface area contributed by atoms with Crippen LogP contribution in [0.4, 0.5) is 10.8 Å². The van der Waals surface area contributed by atoms with Crippen LogP contribution in [0.3, 0.4) is 0 Å².